The molecule has 0 saturated carbocycles. The molecule has 0 bridgehead atoms. The summed E-state index contributed by atoms with van der Waals surface area (Å²) < 4.78 is 73.8. The highest BCUT2D eigenvalue weighted by Crippen LogP contribution is 2.38. The predicted molar refractivity (Wildman–Crippen MR) is 213 cm³/mol. The second-order valence-electron chi connectivity index (χ2n) is 17.9. The number of aliphatic hydroxyl groups is 14. The summed E-state index contributed by atoms with van der Waals surface area (Å²) in [6.45, 7) is 5.56. The van der Waals surface area contributed by atoms with E-state index in [0.717, 1.165) is 13.8 Å². The van der Waals surface area contributed by atoms with Crippen LogP contribution in [0, 0.1) is 0 Å². The van der Waals surface area contributed by atoms with Crippen LogP contribution in [0.15, 0.2) is 0 Å². The van der Waals surface area contributed by atoms with E-state index in [4.69, 9.17) is 61.6 Å². The van der Waals surface area contributed by atoms with Crippen molar-refractivity contribution < 1.29 is 143 Å². The van der Waals surface area contributed by atoms with Gasteiger partial charge in [-0.1, -0.05) is 0 Å². The highest BCUT2D eigenvalue weighted by atomic mass is 16.8. The minimum absolute atomic E-state index is 0.827. The molecule has 0 aromatic heterocycles. The molecule has 0 aromatic rings. The molecule has 29 nitrogen and oxygen atoms in total. The maximum absolute atomic E-state index is 12.4. The Morgan fingerprint density at radius 3 is 1.14 bits per heavy atom. The third-order valence-corrected chi connectivity index (χ3v) is 12.8. The standard InChI is InChI=1S/C40H66O29/c1-9-17(45)29(26(54)35(56)57-9)66-39-33(61-13(5)43)32(20(48)11(3)59-39)69-37-25(53)23(51)28(16(8-42)64-37)65-38-27(55)30(18(46)10(2)58-38)67-40-34(62-14(6)44)31(19(47)12(4)60-40)68-36-24(52)22(50)21(49)15(7-41)63-36/h9-12,15-42,45-56H,7-8H2,1-6H3/t9-,10-,11+,12+,15+,16+,17+,18+,19-,20-,21+,22-,23+,24+,25+,26-,27-,28+,29+,30+,31-,32-,33-,34-,35?,36-,37-,38-,39+,40+/m0/s1. The number of aliphatic hydroxyl groups excluding tert-OH is 14. The fourth-order valence-corrected chi connectivity index (χ4v) is 8.87. The molecular weight excluding hydrogens is 944 g/mol. The quantitative estimate of drug-likeness (QED) is 0.0719. The van der Waals surface area contributed by atoms with E-state index in [1.807, 2.05) is 0 Å². The maximum Gasteiger partial charge on any atom is 0.303 e. The average molecular weight is 1010 g/mol. The van der Waals surface area contributed by atoms with Gasteiger partial charge in [0.25, 0.3) is 0 Å². The Morgan fingerprint density at radius 1 is 0.348 bits per heavy atom. The molecule has 14 N–H and O–H groups in total. The zero-order valence-electron chi connectivity index (χ0n) is 38.1. The Kier molecular flexibility index (Phi) is 19.1. The number of carbonyl (C=O) groups excluding carboxylic acids is 2. The summed E-state index contributed by atoms with van der Waals surface area (Å²) >= 11 is 0. The van der Waals surface area contributed by atoms with E-state index in [2.05, 4.69) is 0 Å². The van der Waals surface area contributed by atoms with Crippen molar-refractivity contribution in [2.75, 3.05) is 13.2 Å². The number of hydrogen-bond donors (Lipinski definition) is 14. The van der Waals surface area contributed by atoms with Gasteiger partial charge in [0.1, 0.15) is 110 Å². The minimum Gasteiger partial charge on any atom is -0.454 e. The molecule has 0 aliphatic carbocycles. The molecule has 69 heavy (non-hydrogen) atoms. The summed E-state index contributed by atoms with van der Waals surface area (Å²) in [6, 6.07) is 0. The van der Waals surface area contributed by atoms with Crippen molar-refractivity contribution in [3.05, 3.63) is 0 Å². The monoisotopic (exact) mass is 1010 g/mol. The Balaban J connectivity index is 1.18. The molecule has 29 heteroatoms. The number of ether oxygens (including phenoxy) is 13. The summed E-state index contributed by atoms with van der Waals surface area (Å²) in [6.07, 6.45) is -51.5. The predicted octanol–water partition coefficient (Wildman–Crippen LogP) is -8.85. The molecule has 0 spiro atoms. The van der Waals surface area contributed by atoms with Gasteiger partial charge >= 0.3 is 11.9 Å². The van der Waals surface area contributed by atoms with Gasteiger partial charge in [-0.3, -0.25) is 9.59 Å². The maximum atomic E-state index is 12.4. The first kappa shape index (κ1) is 56.2. The van der Waals surface area contributed by atoms with Crippen molar-refractivity contribution in [1.82, 2.24) is 0 Å². The highest BCUT2D eigenvalue weighted by Gasteiger charge is 2.58. The van der Waals surface area contributed by atoms with Crippen LogP contribution in [-0.2, 0) is 71.2 Å². The topological polar surface area (TPSA) is 437 Å². The van der Waals surface area contributed by atoms with Crippen LogP contribution in [0.1, 0.15) is 41.5 Å². The summed E-state index contributed by atoms with van der Waals surface area (Å²) in [7, 11) is 0. The molecule has 6 saturated heterocycles. The second-order valence-corrected chi connectivity index (χ2v) is 17.9. The van der Waals surface area contributed by atoms with Crippen molar-refractivity contribution >= 4 is 11.9 Å². The summed E-state index contributed by atoms with van der Waals surface area (Å²) in [5.74, 6) is -1.94. The van der Waals surface area contributed by atoms with Gasteiger partial charge in [0.05, 0.1) is 37.6 Å². The van der Waals surface area contributed by atoms with Crippen LogP contribution < -0.4 is 0 Å². The number of hydrogen-bond acceptors (Lipinski definition) is 29. The third kappa shape index (κ3) is 12.0. The molecule has 0 amide bonds. The van der Waals surface area contributed by atoms with Gasteiger partial charge in [-0.2, -0.15) is 0 Å². The Hall–Kier alpha value is -2.06. The summed E-state index contributed by atoms with van der Waals surface area (Å²) in [5.41, 5.74) is 0. The van der Waals surface area contributed by atoms with Crippen LogP contribution in [-0.4, -0.2) is 281 Å². The van der Waals surface area contributed by atoms with Gasteiger partial charge in [0.15, 0.2) is 49.9 Å². The van der Waals surface area contributed by atoms with E-state index in [9.17, 15) is 81.1 Å². The normalized spacial score (nSPS) is 51.9. The van der Waals surface area contributed by atoms with Gasteiger partial charge in [0.2, 0.25) is 0 Å². The van der Waals surface area contributed by atoms with Crippen LogP contribution in [0.3, 0.4) is 0 Å². The fraction of sp³-hybridized carbons (Fsp3) is 0.950. The highest BCUT2D eigenvalue weighted by molar-refractivity contribution is 5.66. The number of carbonyl (C=O) groups is 2. The Bertz CT molecular complexity index is 1650. The van der Waals surface area contributed by atoms with Crippen LogP contribution >= 0.6 is 0 Å². The van der Waals surface area contributed by atoms with E-state index in [0.29, 0.717) is 0 Å². The molecule has 6 aliphatic heterocycles. The van der Waals surface area contributed by atoms with E-state index < -0.39 is 209 Å². The molecule has 6 heterocycles. The first-order valence-corrected chi connectivity index (χ1v) is 22.3. The largest absolute Gasteiger partial charge is 0.454 e. The smallest absolute Gasteiger partial charge is 0.303 e. The molecule has 400 valence electrons. The second kappa shape index (κ2) is 23.4. The van der Waals surface area contributed by atoms with Crippen molar-refractivity contribution in [3.63, 3.8) is 0 Å². The lowest BCUT2D eigenvalue weighted by atomic mass is 9.95. The molecular formula is C40H66O29. The lowest BCUT2D eigenvalue weighted by molar-refractivity contribution is -0.394. The lowest BCUT2D eigenvalue weighted by Crippen LogP contribution is -2.68. The number of rotatable bonds is 14. The van der Waals surface area contributed by atoms with Gasteiger partial charge in [-0.25, -0.2) is 0 Å². The summed E-state index contributed by atoms with van der Waals surface area (Å²) in [4.78, 5) is 24.8. The molecule has 6 fully saturated rings. The zero-order valence-corrected chi connectivity index (χ0v) is 38.1. The summed E-state index contributed by atoms with van der Waals surface area (Å²) in [5, 5.41) is 151. The Morgan fingerprint density at radius 2 is 0.696 bits per heavy atom. The average Bonchev–Trinajstić information content (AvgIpc) is 3.29. The van der Waals surface area contributed by atoms with E-state index >= 15 is 0 Å². The van der Waals surface area contributed by atoms with Crippen LogP contribution in [0.4, 0.5) is 0 Å². The molecule has 30 atom stereocenters. The SMILES string of the molecule is CC(=O)O[C@@H]1[C@@H](O[C@H]2[C@H](O)[C@H](O[C@H]3[C@H](O)[C@@H](O)[C@H](O[C@H]4[C@@H](O)[C@@H](C)O[C@H](O[C@@H]5[C@H](O)[C@H](C)OC(O)[C@H]5O)[C@H]4OC(C)=O)O[C@@H]3CO)O[C@@H](C)[C@H]2O)O[C@H](C)[C@H](O)[C@@H]1O[C@@H]1O[C@H](CO)[C@@H](O)[C@H](O)[C@H]1O. The first-order chi connectivity index (χ1) is 32.4. The molecule has 1 unspecified atom stereocenters. The molecule has 6 aliphatic rings. The van der Waals surface area contributed by atoms with Crippen LogP contribution in [0.2, 0.25) is 0 Å². The molecule has 0 radical (unpaired) electrons. The van der Waals surface area contributed by atoms with E-state index in [-0.39, 0.29) is 0 Å². The van der Waals surface area contributed by atoms with Gasteiger partial charge < -0.3 is 133 Å². The van der Waals surface area contributed by atoms with Crippen LogP contribution in [0.5, 0.6) is 0 Å². The van der Waals surface area contributed by atoms with Gasteiger partial charge in [-0.05, 0) is 27.7 Å². The van der Waals surface area contributed by atoms with Crippen molar-refractivity contribution in [1.29, 1.82) is 0 Å². The van der Waals surface area contributed by atoms with Crippen molar-refractivity contribution in [3.8, 4) is 0 Å². The zero-order chi connectivity index (χ0) is 51.1. The Labute approximate surface area is 393 Å². The minimum atomic E-state index is -2.12. The van der Waals surface area contributed by atoms with Crippen LogP contribution in [0.25, 0.3) is 0 Å². The number of esters is 2. The van der Waals surface area contributed by atoms with Gasteiger partial charge in [0, 0.05) is 13.8 Å². The lowest BCUT2D eigenvalue weighted by Gasteiger charge is -2.50. The van der Waals surface area contributed by atoms with Crippen molar-refractivity contribution in [2.24, 2.45) is 0 Å². The molecule has 0 aromatic carbocycles. The fourth-order valence-electron chi connectivity index (χ4n) is 8.87. The van der Waals surface area contributed by atoms with E-state index in [1.54, 1.807) is 0 Å². The van der Waals surface area contributed by atoms with E-state index in [1.165, 1.54) is 27.7 Å². The van der Waals surface area contributed by atoms with Crippen molar-refractivity contribution in [2.45, 2.75) is 226 Å². The molecule has 6 rings (SSSR count). The first-order valence-electron chi connectivity index (χ1n) is 22.3. The third-order valence-electron chi connectivity index (χ3n) is 12.8. The van der Waals surface area contributed by atoms with Gasteiger partial charge in [-0.15, -0.1) is 0 Å².